The lowest BCUT2D eigenvalue weighted by molar-refractivity contribution is -0.115. The third-order valence-corrected chi connectivity index (χ3v) is 4.11. The minimum absolute atomic E-state index is 0.00488. The maximum Gasteiger partial charge on any atom is 0.258 e. The Kier molecular flexibility index (Phi) is 4.56. The highest BCUT2D eigenvalue weighted by atomic mass is 19.1. The zero-order chi connectivity index (χ0) is 19.7. The van der Waals surface area contributed by atoms with Crippen molar-refractivity contribution in [1.82, 2.24) is 24.7 Å². The highest BCUT2D eigenvalue weighted by molar-refractivity contribution is 5.91. The summed E-state index contributed by atoms with van der Waals surface area (Å²) >= 11 is 0. The van der Waals surface area contributed by atoms with Crippen LogP contribution >= 0.6 is 0 Å². The van der Waals surface area contributed by atoms with E-state index in [1.54, 1.807) is 28.8 Å². The molecule has 1 amide bonds. The van der Waals surface area contributed by atoms with Gasteiger partial charge in [-0.1, -0.05) is 25.1 Å². The molecule has 0 saturated heterocycles. The predicted molar refractivity (Wildman–Crippen MR) is 99.1 cm³/mol. The number of carbonyl (C=O) groups is 1. The number of benzene rings is 1. The summed E-state index contributed by atoms with van der Waals surface area (Å²) in [6.07, 6.45) is 1.74. The van der Waals surface area contributed by atoms with Crippen molar-refractivity contribution in [2.45, 2.75) is 26.2 Å². The van der Waals surface area contributed by atoms with Crippen LogP contribution in [0.3, 0.4) is 0 Å². The van der Waals surface area contributed by atoms with Crippen LogP contribution in [-0.4, -0.2) is 30.6 Å². The molecule has 0 bridgehead atoms. The van der Waals surface area contributed by atoms with Crippen LogP contribution in [0.5, 0.6) is 0 Å². The average molecular weight is 380 g/mol. The Morgan fingerprint density at radius 3 is 2.86 bits per heavy atom. The second kappa shape index (κ2) is 7.18. The van der Waals surface area contributed by atoms with Crippen molar-refractivity contribution in [3.63, 3.8) is 0 Å². The van der Waals surface area contributed by atoms with Crippen molar-refractivity contribution in [3.05, 3.63) is 60.1 Å². The molecule has 28 heavy (non-hydrogen) atoms. The fourth-order valence-electron chi connectivity index (χ4n) is 2.70. The largest absolute Gasteiger partial charge is 0.334 e. The topological polar surface area (TPSA) is 98.2 Å². The lowest BCUT2D eigenvalue weighted by Gasteiger charge is -2.04. The van der Waals surface area contributed by atoms with Gasteiger partial charge < -0.3 is 9.84 Å². The molecular weight excluding hydrogens is 363 g/mol. The molecule has 0 fully saturated rings. The number of nitrogens with one attached hydrogen (secondary N) is 1. The molecule has 142 valence electrons. The molecule has 0 saturated carbocycles. The lowest BCUT2D eigenvalue weighted by Crippen LogP contribution is -2.16. The van der Waals surface area contributed by atoms with E-state index in [-0.39, 0.29) is 18.2 Å². The second-order valence-electron chi connectivity index (χ2n) is 6.61. The number of rotatable bonds is 5. The molecule has 4 rings (SSSR count). The van der Waals surface area contributed by atoms with Gasteiger partial charge in [0.05, 0.1) is 6.42 Å². The summed E-state index contributed by atoms with van der Waals surface area (Å²) in [5, 5.41) is 14.8. The number of nitrogens with zero attached hydrogens (tertiary/aromatic N) is 5. The summed E-state index contributed by atoms with van der Waals surface area (Å²) in [4.78, 5) is 16.6. The quantitative estimate of drug-likeness (QED) is 0.571. The van der Waals surface area contributed by atoms with Crippen molar-refractivity contribution >= 4 is 17.2 Å². The Morgan fingerprint density at radius 2 is 2.11 bits per heavy atom. The van der Waals surface area contributed by atoms with Crippen LogP contribution < -0.4 is 5.32 Å². The molecule has 0 unspecified atom stereocenters. The van der Waals surface area contributed by atoms with Gasteiger partial charge in [-0.05, 0) is 30.3 Å². The molecule has 8 nitrogen and oxygen atoms in total. The molecule has 1 N–H and O–H groups in total. The number of carbonyl (C=O) groups excluding carboxylic acids is 1. The predicted octanol–water partition coefficient (Wildman–Crippen LogP) is 3.22. The maximum atomic E-state index is 13.2. The van der Waals surface area contributed by atoms with Gasteiger partial charge in [-0.25, -0.2) is 4.39 Å². The first-order valence-electron chi connectivity index (χ1n) is 8.72. The zero-order valence-corrected chi connectivity index (χ0v) is 15.3. The van der Waals surface area contributed by atoms with E-state index in [2.05, 4.69) is 25.7 Å². The minimum atomic E-state index is -0.417. The number of halogens is 1. The van der Waals surface area contributed by atoms with Crippen LogP contribution in [0.15, 0.2) is 47.1 Å². The monoisotopic (exact) mass is 380 g/mol. The lowest BCUT2D eigenvalue weighted by atomic mass is 10.2. The summed E-state index contributed by atoms with van der Waals surface area (Å²) in [6, 6.07) is 9.27. The van der Waals surface area contributed by atoms with Crippen molar-refractivity contribution in [1.29, 1.82) is 0 Å². The first-order chi connectivity index (χ1) is 13.5. The molecule has 0 radical (unpaired) electrons. The Balaban J connectivity index is 1.53. The van der Waals surface area contributed by atoms with Gasteiger partial charge in [-0.3, -0.25) is 9.20 Å². The second-order valence-corrected chi connectivity index (χ2v) is 6.61. The van der Waals surface area contributed by atoms with Gasteiger partial charge in [0.2, 0.25) is 5.91 Å². The van der Waals surface area contributed by atoms with Crippen LogP contribution in [0.4, 0.5) is 10.1 Å². The number of fused-ring (bicyclic) bond motifs is 1. The maximum absolute atomic E-state index is 13.2. The van der Waals surface area contributed by atoms with E-state index >= 15 is 0 Å². The summed E-state index contributed by atoms with van der Waals surface area (Å²) in [5.74, 6) is 0.925. The number of aromatic nitrogens is 5. The molecule has 9 heteroatoms. The van der Waals surface area contributed by atoms with Crippen LogP contribution in [0.25, 0.3) is 17.1 Å². The average Bonchev–Trinajstić information content (AvgIpc) is 3.29. The summed E-state index contributed by atoms with van der Waals surface area (Å²) in [6.45, 7) is 3.97. The van der Waals surface area contributed by atoms with Crippen LogP contribution in [0, 0.1) is 5.82 Å². The molecule has 1 aromatic carbocycles. The van der Waals surface area contributed by atoms with Gasteiger partial charge in [0.25, 0.3) is 5.89 Å². The van der Waals surface area contributed by atoms with E-state index in [1.807, 2.05) is 13.8 Å². The standard InChI is InChI=1S/C19H17FN6O2/c1-11(2)18-22-19(28-25-18)12-6-7-26-15(8-12)23-24-16(26)10-17(27)21-14-5-3-4-13(20)9-14/h3-9,11H,10H2,1-2H3,(H,21,27). The molecule has 0 aliphatic rings. The smallest absolute Gasteiger partial charge is 0.258 e. The van der Waals surface area contributed by atoms with E-state index in [1.165, 1.54) is 18.2 Å². The highest BCUT2D eigenvalue weighted by Gasteiger charge is 2.15. The first-order valence-corrected chi connectivity index (χ1v) is 8.72. The molecule has 0 atom stereocenters. The summed E-state index contributed by atoms with van der Waals surface area (Å²) < 4.78 is 20.2. The van der Waals surface area contributed by atoms with Gasteiger partial charge in [0.1, 0.15) is 11.6 Å². The van der Waals surface area contributed by atoms with Crippen molar-refractivity contribution in [3.8, 4) is 11.5 Å². The SMILES string of the molecule is CC(C)c1noc(-c2ccn3c(CC(=O)Nc4cccc(F)c4)nnc3c2)n1. The van der Waals surface area contributed by atoms with Crippen LogP contribution in [-0.2, 0) is 11.2 Å². The summed E-state index contributed by atoms with van der Waals surface area (Å²) in [5.41, 5.74) is 1.66. The van der Waals surface area contributed by atoms with Gasteiger partial charge in [0, 0.05) is 23.4 Å². The molecule has 0 aliphatic heterocycles. The Labute approximate surface area is 159 Å². The van der Waals surface area contributed by atoms with E-state index in [9.17, 15) is 9.18 Å². The van der Waals surface area contributed by atoms with Gasteiger partial charge in [-0.15, -0.1) is 10.2 Å². The minimum Gasteiger partial charge on any atom is -0.334 e. The number of amides is 1. The molecular formula is C19H17FN6O2. The van der Waals surface area contributed by atoms with Gasteiger partial charge in [0.15, 0.2) is 11.5 Å². The normalized spacial score (nSPS) is 11.3. The summed E-state index contributed by atoms with van der Waals surface area (Å²) in [7, 11) is 0. The Morgan fingerprint density at radius 1 is 1.25 bits per heavy atom. The van der Waals surface area contributed by atoms with Crippen molar-refractivity contribution < 1.29 is 13.7 Å². The molecule has 3 aromatic heterocycles. The van der Waals surface area contributed by atoms with Gasteiger partial charge >= 0.3 is 0 Å². The van der Waals surface area contributed by atoms with Crippen LogP contribution in [0.1, 0.15) is 31.4 Å². The molecule has 0 spiro atoms. The molecule has 0 aliphatic carbocycles. The van der Waals surface area contributed by atoms with Crippen LogP contribution in [0.2, 0.25) is 0 Å². The molecule has 4 aromatic rings. The van der Waals surface area contributed by atoms with Crippen molar-refractivity contribution in [2.75, 3.05) is 5.32 Å². The third-order valence-electron chi connectivity index (χ3n) is 4.11. The first kappa shape index (κ1) is 17.8. The fraction of sp³-hybridized carbons (Fsp3) is 0.211. The van der Waals surface area contributed by atoms with E-state index in [0.717, 1.165) is 5.56 Å². The Hall–Kier alpha value is -3.62. The van der Waals surface area contributed by atoms with E-state index in [0.29, 0.717) is 28.9 Å². The van der Waals surface area contributed by atoms with Gasteiger partial charge in [-0.2, -0.15) is 4.98 Å². The number of hydrogen-bond acceptors (Lipinski definition) is 6. The van der Waals surface area contributed by atoms with Crippen molar-refractivity contribution in [2.24, 2.45) is 0 Å². The zero-order valence-electron chi connectivity index (χ0n) is 15.3. The number of anilines is 1. The number of hydrogen-bond donors (Lipinski definition) is 1. The fourth-order valence-corrected chi connectivity index (χ4v) is 2.70. The third kappa shape index (κ3) is 3.59. The molecule has 3 heterocycles. The Bertz CT molecular complexity index is 1150. The van der Waals surface area contributed by atoms with E-state index < -0.39 is 5.82 Å². The highest BCUT2D eigenvalue weighted by Crippen LogP contribution is 2.21. The van der Waals surface area contributed by atoms with E-state index in [4.69, 9.17) is 4.52 Å². The number of pyridine rings is 1.